The van der Waals surface area contributed by atoms with Crippen LogP contribution in [-0.4, -0.2) is 46.3 Å². The number of nitrogens with zero attached hydrogens (tertiary/aromatic N) is 3. The molecule has 1 aliphatic heterocycles. The van der Waals surface area contributed by atoms with Crippen molar-refractivity contribution in [3.63, 3.8) is 0 Å². The smallest absolute Gasteiger partial charge is 0.263 e. The highest BCUT2D eigenvalue weighted by Gasteiger charge is 2.33. The molecule has 0 saturated carbocycles. The molecule has 1 fully saturated rings. The molecule has 1 unspecified atom stereocenters. The number of amides is 2. The van der Waals surface area contributed by atoms with Gasteiger partial charge in [-0.25, -0.2) is 13.8 Å². The predicted octanol–water partition coefficient (Wildman–Crippen LogP) is 7.79. The van der Waals surface area contributed by atoms with Gasteiger partial charge >= 0.3 is 0 Å². The third-order valence-corrected chi connectivity index (χ3v) is 8.78. The molecule has 5 rings (SSSR count). The SMILES string of the molecule is Cc1ccccc1.Cc1csc(C2CCCN2C(=O)c2cc(C(=O)NCCCNCc3cncc(C(C)C)c3)cc(C(F)F)c2)n1. The van der Waals surface area contributed by atoms with Crippen LogP contribution in [0, 0.1) is 13.8 Å². The Morgan fingerprint density at radius 2 is 1.76 bits per heavy atom. The summed E-state index contributed by atoms with van der Waals surface area (Å²) in [4.78, 5) is 36.7. The highest BCUT2D eigenvalue weighted by molar-refractivity contribution is 7.09. The summed E-state index contributed by atoms with van der Waals surface area (Å²) in [5.41, 5.74) is 4.30. The number of rotatable bonds is 11. The fraction of sp³-hybridized carbons (Fsp3) is 0.389. The number of aryl methyl sites for hydroxylation is 2. The lowest BCUT2D eigenvalue weighted by Crippen LogP contribution is -2.31. The lowest BCUT2D eigenvalue weighted by molar-refractivity contribution is 0.0735. The number of likely N-dealkylation sites (tertiary alicyclic amines) is 1. The third kappa shape index (κ3) is 9.99. The van der Waals surface area contributed by atoms with Crippen molar-refractivity contribution in [3.8, 4) is 0 Å². The first-order valence-electron chi connectivity index (χ1n) is 15.7. The molecule has 7 nitrogen and oxygen atoms in total. The number of hydrogen-bond donors (Lipinski definition) is 2. The van der Waals surface area contributed by atoms with Crippen molar-refractivity contribution in [2.75, 3.05) is 19.6 Å². The molecule has 0 radical (unpaired) electrons. The molecule has 0 spiro atoms. The summed E-state index contributed by atoms with van der Waals surface area (Å²) < 4.78 is 27.4. The summed E-state index contributed by atoms with van der Waals surface area (Å²) in [6.07, 6.45) is 3.15. The fourth-order valence-electron chi connectivity index (χ4n) is 5.19. The van der Waals surface area contributed by atoms with Crippen LogP contribution in [-0.2, 0) is 6.54 Å². The van der Waals surface area contributed by atoms with Crippen LogP contribution in [0.3, 0.4) is 0 Å². The first kappa shape index (κ1) is 34.8. The van der Waals surface area contributed by atoms with E-state index >= 15 is 0 Å². The van der Waals surface area contributed by atoms with E-state index in [1.807, 2.05) is 42.9 Å². The Balaban J connectivity index is 0.000000606. The van der Waals surface area contributed by atoms with Crippen molar-refractivity contribution in [1.29, 1.82) is 0 Å². The second kappa shape index (κ2) is 17.1. The fourth-order valence-corrected chi connectivity index (χ4v) is 6.14. The number of benzene rings is 2. The van der Waals surface area contributed by atoms with Gasteiger partial charge in [-0.05, 0) is 74.9 Å². The topological polar surface area (TPSA) is 87.2 Å². The number of carbonyl (C=O) groups excluding carboxylic acids is 2. The standard InChI is InChI=1S/C29H35F2N5O2S.C7H8/c1-18(2)24-10-20(15-33-16-24)14-32-7-5-8-34-27(37)22-11-21(26(30)31)12-23(13-22)29(38)36-9-4-6-25(36)28-35-19(3)17-39-28;1-7-5-3-2-4-6-7/h10-13,15-18,25-26,32H,4-9,14H2,1-3H3,(H,34,37);2-6H,1H3. The van der Waals surface area contributed by atoms with Gasteiger partial charge < -0.3 is 15.5 Å². The van der Waals surface area contributed by atoms with E-state index in [0.29, 0.717) is 38.5 Å². The summed E-state index contributed by atoms with van der Waals surface area (Å²) in [5.74, 6) is -0.429. The maximum atomic E-state index is 13.7. The number of halogens is 2. The molecule has 1 saturated heterocycles. The Morgan fingerprint density at radius 3 is 2.41 bits per heavy atom. The van der Waals surface area contributed by atoms with E-state index in [2.05, 4.69) is 59.6 Å². The summed E-state index contributed by atoms with van der Waals surface area (Å²) in [7, 11) is 0. The average Bonchev–Trinajstić information content (AvgIpc) is 3.72. The van der Waals surface area contributed by atoms with Gasteiger partial charge in [0, 0.05) is 59.8 Å². The zero-order valence-electron chi connectivity index (χ0n) is 26.9. The normalized spacial score (nSPS) is 14.3. The van der Waals surface area contributed by atoms with Crippen molar-refractivity contribution in [2.24, 2.45) is 0 Å². The Bertz CT molecular complexity index is 1580. The van der Waals surface area contributed by atoms with Gasteiger partial charge in [-0.2, -0.15) is 0 Å². The van der Waals surface area contributed by atoms with Crippen LogP contribution in [0.4, 0.5) is 8.78 Å². The van der Waals surface area contributed by atoms with E-state index in [1.165, 1.54) is 34.6 Å². The van der Waals surface area contributed by atoms with Crippen molar-refractivity contribution in [2.45, 2.75) is 71.9 Å². The molecule has 1 atom stereocenters. The third-order valence-electron chi connectivity index (χ3n) is 7.72. The van der Waals surface area contributed by atoms with E-state index in [9.17, 15) is 18.4 Å². The maximum absolute atomic E-state index is 13.7. The highest BCUT2D eigenvalue weighted by Crippen LogP contribution is 2.35. The molecular formula is C36H43F2N5O2S. The van der Waals surface area contributed by atoms with E-state index in [1.54, 1.807) is 4.90 Å². The second-order valence-corrected chi connectivity index (χ2v) is 12.7. The van der Waals surface area contributed by atoms with Crippen LogP contribution < -0.4 is 10.6 Å². The lowest BCUT2D eigenvalue weighted by Gasteiger charge is -2.23. The van der Waals surface area contributed by atoms with Crippen LogP contribution in [0.15, 0.2) is 72.4 Å². The minimum atomic E-state index is -2.80. The molecule has 1 aliphatic rings. The molecule has 2 N–H and O–H groups in total. The number of pyridine rings is 1. The number of aromatic nitrogens is 2. The number of carbonyl (C=O) groups is 2. The van der Waals surface area contributed by atoms with Gasteiger partial charge in [-0.1, -0.05) is 55.8 Å². The predicted molar refractivity (Wildman–Crippen MR) is 179 cm³/mol. The summed E-state index contributed by atoms with van der Waals surface area (Å²) in [6, 6.07) is 16.0. The van der Waals surface area contributed by atoms with E-state index in [4.69, 9.17) is 0 Å². The van der Waals surface area contributed by atoms with Gasteiger partial charge in [0.25, 0.3) is 18.2 Å². The van der Waals surface area contributed by atoms with Gasteiger partial charge in [0.15, 0.2) is 0 Å². The molecule has 46 heavy (non-hydrogen) atoms. The van der Waals surface area contributed by atoms with Crippen molar-refractivity contribution in [1.82, 2.24) is 25.5 Å². The number of hydrogen-bond acceptors (Lipinski definition) is 6. The summed E-state index contributed by atoms with van der Waals surface area (Å²) in [6.45, 7) is 10.5. The first-order chi connectivity index (χ1) is 22.1. The lowest BCUT2D eigenvalue weighted by atomic mass is 10.0. The minimum absolute atomic E-state index is 0.0570. The van der Waals surface area contributed by atoms with Crippen LogP contribution >= 0.6 is 11.3 Å². The Labute approximate surface area is 274 Å². The van der Waals surface area contributed by atoms with Crippen molar-refractivity contribution >= 4 is 23.2 Å². The van der Waals surface area contributed by atoms with E-state index in [-0.39, 0.29) is 28.6 Å². The van der Waals surface area contributed by atoms with Gasteiger partial charge in [0.05, 0.1) is 6.04 Å². The highest BCUT2D eigenvalue weighted by atomic mass is 32.1. The van der Waals surface area contributed by atoms with Crippen LogP contribution in [0.1, 0.15) is 105 Å². The van der Waals surface area contributed by atoms with Crippen LogP contribution in [0.5, 0.6) is 0 Å². The van der Waals surface area contributed by atoms with Crippen molar-refractivity contribution in [3.05, 3.63) is 116 Å². The molecule has 2 amide bonds. The van der Waals surface area contributed by atoms with Crippen molar-refractivity contribution < 1.29 is 18.4 Å². The average molecular weight is 648 g/mol. The largest absolute Gasteiger partial charge is 0.352 e. The van der Waals surface area contributed by atoms with Gasteiger partial charge in [0.1, 0.15) is 5.01 Å². The molecule has 3 heterocycles. The van der Waals surface area contributed by atoms with Gasteiger partial charge in [0.2, 0.25) is 0 Å². The number of nitrogens with one attached hydrogen (secondary N) is 2. The quantitative estimate of drug-likeness (QED) is 0.162. The second-order valence-electron chi connectivity index (χ2n) is 11.9. The zero-order valence-corrected chi connectivity index (χ0v) is 27.7. The molecule has 244 valence electrons. The van der Waals surface area contributed by atoms with Gasteiger partial charge in [-0.3, -0.25) is 14.6 Å². The molecule has 0 aliphatic carbocycles. The minimum Gasteiger partial charge on any atom is -0.352 e. The molecule has 4 aromatic rings. The maximum Gasteiger partial charge on any atom is 0.263 e. The Morgan fingerprint density at radius 1 is 1.00 bits per heavy atom. The Kier molecular flexibility index (Phi) is 12.9. The Hall–Kier alpha value is -4.02. The monoisotopic (exact) mass is 647 g/mol. The zero-order chi connectivity index (χ0) is 33.1. The summed E-state index contributed by atoms with van der Waals surface area (Å²) >= 11 is 1.50. The van der Waals surface area contributed by atoms with Crippen LogP contribution in [0.2, 0.25) is 0 Å². The molecule has 0 bridgehead atoms. The molecule has 10 heteroatoms. The van der Waals surface area contributed by atoms with E-state index < -0.39 is 12.3 Å². The molecule has 2 aromatic heterocycles. The molecular weight excluding hydrogens is 604 g/mol. The van der Waals surface area contributed by atoms with Gasteiger partial charge in [-0.15, -0.1) is 11.3 Å². The number of alkyl halides is 2. The summed E-state index contributed by atoms with van der Waals surface area (Å²) in [5, 5.41) is 8.91. The number of thiazole rings is 1. The van der Waals surface area contributed by atoms with E-state index in [0.717, 1.165) is 35.2 Å². The molecule has 2 aromatic carbocycles. The van der Waals surface area contributed by atoms with Crippen LogP contribution in [0.25, 0.3) is 0 Å². The first-order valence-corrected chi connectivity index (χ1v) is 16.6.